The van der Waals surface area contributed by atoms with E-state index in [9.17, 15) is 4.79 Å². The summed E-state index contributed by atoms with van der Waals surface area (Å²) in [5, 5.41) is 6.76. The first-order valence-electron chi connectivity index (χ1n) is 5.25. The lowest BCUT2D eigenvalue weighted by Gasteiger charge is -2.15. The summed E-state index contributed by atoms with van der Waals surface area (Å²) >= 11 is 0. The van der Waals surface area contributed by atoms with Gasteiger partial charge in [0.25, 0.3) is 0 Å². The molecule has 5 heteroatoms. The Hall–Kier alpha value is -1.36. The number of nitrogens with two attached hydrogens (primary N) is 1. The van der Waals surface area contributed by atoms with E-state index in [1.54, 1.807) is 6.20 Å². The minimum Gasteiger partial charge on any atom is -0.342 e. The number of carbonyl (C=O) groups excluding carboxylic acids is 1. The zero-order valence-electron chi connectivity index (χ0n) is 8.65. The number of H-pyrrole nitrogens is 1. The van der Waals surface area contributed by atoms with E-state index in [-0.39, 0.29) is 5.91 Å². The van der Waals surface area contributed by atoms with Gasteiger partial charge in [-0.25, -0.2) is 0 Å². The van der Waals surface area contributed by atoms with E-state index in [0.717, 1.165) is 25.2 Å². The molecule has 1 aromatic rings. The van der Waals surface area contributed by atoms with Crippen molar-refractivity contribution in [1.82, 2.24) is 15.1 Å². The maximum atomic E-state index is 11.5. The molecular weight excluding hydrogens is 192 g/mol. The number of aromatic amines is 1. The largest absolute Gasteiger partial charge is 0.342 e. The van der Waals surface area contributed by atoms with E-state index >= 15 is 0 Å². The monoisotopic (exact) mass is 208 g/mol. The molecule has 0 spiro atoms. The minimum absolute atomic E-state index is 0.227. The normalized spacial score (nSPS) is 21.3. The fourth-order valence-corrected chi connectivity index (χ4v) is 1.91. The van der Waals surface area contributed by atoms with Crippen molar-refractivity contribution in [1.29, 1.82) is 0 Å². The number of hydrogen-bond donors (Lipinski definition) is 2. The SMILES string of the molecule is NCC1CC(=O)N(CCc2ccn[nH]2)C1. The number of carbonyl (C=O) groups is 1. The van der Waals surface area contributed by atoms with Crippen LogP contribution in [-0.2, 0) is 11.2 Å². The van der Waals surface area contributed by atoms with Crippen LogP contribution in [0.5, 0.6) is 0 Å². The van der Waals surface area contributed by atoms with Crippen molar-refractivity contribution in [3.05, 3.63) is 18.0 Å². The fraction of sp³-hybridized carbons (Fsp3) is 0.600. The standard InChI is InChI=1S/C10H16N4O/c11-6-8-5-10(15)14(7-8)4-2-9-1-3-12-13-9/h1,3,8H,2,4-7,11H2,(H,12,13). The molecule has 1 fully saturated rings. The van der Waals surface area contributed by atoms with E-state index in [2.05, 4.69) is 10.2 Å². The van der Waals surface area contributed by atoms with Gasteiger partial charge in [-0.3, -0.25) is 9.89 Å². The van der Waals surface area contributed by atoms with Crippen molar-refractivity contribution in [3.8, 4) is 0 Å². The summed E-state index contributed by atoms with van der Waals surface area (Å²) in [7, 11) is 0. The molecule has 0 aliphatic carbocycles. The molecule has 0 saturated carbocycles. The number of rotatable bonds is 4. The lowest BCUT2D eigenvalue weighted by Crippen LogP contribution is -2.28. The van der Waals surface area contributed by atoms with Gasteiger partial charge in [-0.15, -0.1) is 0 Å². The highest BCUT2D eigenvalue weighted by atomic mass is 16.2. The average Bonchev–Trinajstić information content (AvgIpc) is 2.84. The van der Waals surface area contributed by atoms with E-state index in [1.165, 1.54) is 0 Å². The molecule has 2 rings (SSSR count). The molecule has 1 amide bonds. The summed E-state index contributed by atoms with van der Waals surface area (Å²) in [6.45, 7) is 2.17. The summed E-state index contributed by atoms with van der Waals surface area (Å²) in [4.78, 5) is 13.4. The Kier molecular flexibility index (Phi) is 3.01. The van der Waals surface area contributed by atoms with Gasteiger partial charge in [-0.2, -0.15) is 5.10 Å². The van der Waals surface area contributed by atoms with Crippen molar-refractivity contribution >= 4 is 5.91 Å². The van der Waals surface area contributed by atoms with Crippen LogP contribution in [-0.4, -0.2) is 40.6 Å². The number of likely N-dealkylation sites (tertiary alicyclic amines) is 1. The molecule has 1 aliphatic heterocycles. The predicted octanol–water partition coefficient (Wildman–Crippen LogP) is -0.241. The van der Waals surface area contributed by atoms with Crippen LogP contribution in [0.2, 0.25) is 0 Å². The van der Waals surface area contributed by atoms with Crippen LogP contribution in [0.3, 0.4) is 0 Å². The van der Waals surface area contributed by atoms with Crippen molar-refractivity contribution in [3.63, 3.8) is 0 Å². The first-order valence-corrected chi connectivity index (χ1v) is 5.25. The maximum absolute atomic E-state index is 11.5. The summed E-state index contributed by atoms with van der Waals surface area (Å²) in [5.74, 6) is 0.573. The van der Waals surface area contributed by atoms with Crippen molar-refractivity contribution in [2.24, 2.45) is 11.7 Å². The van der Waals surface area contributed by atoms with Crippen LogP contribution >= 0.6 is 0 Å². The highest BCUT2D eigenvalue weighted by molar-refractivity contribution is 5.78. The van der Waals surface area contributed by atoms with Gasteiger partial charge in [0.05, 0.1) is 0 Å². The van der Waals surface area contributed by atoms with Crippen LogP contribution in [0, 0.1) is 5.92 Å². The topological polar surface area (TPSA) is 75.0 Å². The molecule has 0 aromatic carbocycles. The third-order valence-electron chi connectivity index (χ3n) is 2.84. The summed E-state index contributed by atoms with van der Waals surface area (Å²) < 4.78 is 0. The predicted molar refractivity (Wildman–Crippen MR) is 56.0 cm³/mol. The Labute approximate surface area is 88.6 Å². The number of aromatic nitrogens is 2. The molecule has 0 radical (unpaired) electrons. The third kappa shape index (κ3) is 2.36. The smallest absolute Gasteiger partial charge is 0.222 e. The Balaban J connectivity index is 1.83. The van der Waals surface area contributed by atoms with Crippen LogP contribution in [0.25, 0.3) is 0 Å². The van der Waals surface area contributed by atoms with Gasteiger partial charge in [-0.05, 0) is 18.5 Å². The number of nitrogens with zero attached hydrogens (tertiary/aromatic N) is 2. The lowest BCUT2D eigenvalue weighted by molar-refractivity contribution is -0.127. The Morgan fingerprint density at radius 1 is 1.67 bits per heavy atom. The lowest BCUT2D eigenvalue weighted by atomic mass is 10.1. The number of amides is 1. The molecule has 0 bridgehead atoms. The van der Waals surface area contributed by atoms with Gasteiger partial charge >= 0.3 is 0 Å². The zero-order chi connectivity index (χ0) is 10.7. The van der Waals surface area contributed by atoms with Gasteiger partial charge in [0, 0.05) is 37.8 Å². The van der Waals surface area contributed by atoms with E-state index < -0.39 is 0 Å². The Bertz CT molecular complexity index is 322. The average molecular weight is 208 g/mol. The minimum atomic E-state index is 0.227. The van der Waals surface area contributed by atoms with Crippen LogP contribution in [0.4, 0.5) is 0 Å². The molecule has 3 N–H and O–H groups in total. The molecule has 82 valence electrons. The van der Waals surface area contributed by atoms with Gasteiger partial charge < -0.3 is 10.6 Å². The molecule has 1 aromatic heterocycles. The van der Waals surface area contributed by atoms with Gasteiger partial charge in [0.15, 0.2) is 0 Å². The van der Waals surface area contributed by atoms with Crippen molar-refractivity contribution in [2.45, 2.75) is 12.8 Å². The summed E-state index contributed by atoms with van der Waals surface area (Å²) in [6.07, 6.45) is 3.17. The molecule has 5 nitrogen and oxygen atoms in total. The number of hydrogen-bond acceptors (Lipinski definition) is 3. The van der Waals surface area contributed by atoms with E-state index in [0.29, 0.717) is 18.9 Å². The molecule has 1 atom stereocenters. The van der Waals surface area contributed by atoms with Gasteiger partial charge in [0.1, 0.15) is 0 Å². The second kappa shape index (κ2) is 4.44. The van der Waals surface area contributed by atoms with E-state index in [1.807, 2.05) is 11.0 Å². The Morgan fingerprint density at radius 2 is 2.53 bits per heavy atom. The second-order valence-electron chi connectivity index (χ2n) is 3.98. The Morgan fingerprint density at radius 3 is 3.13 bits per heavy atom. The maximum Gasteiger partial charge on any atom is 0.222 e. The van der Waals surface area contributed by atoms with Crippen molar-refractivity contribution < 1.29 is 4.79 Å². The van der Waals surface area contributed by atoms with Crippen LogP contribution < -0.4 is 5.73 Å². The zero-order valence-corrected chi connectivity index (χ0v) is 8.65. The molecule has 2 heterocycles. The van der Waals surface area contributed by atoms with E-state index in [4.69, 9.17) is 5.73 Å². The third-order valence-corrected chi connectivity index (χ3v) is 2.84. The van der Waals surface area contributed by atoms with Crippen LogP contribution in [0.1, 0.15) is 12.1 Å². The van der Waals surface area contributed by atoms with Crippen LogP contribution in [0.15, 0.2) is 12.3 Å². The first kappa shape index (κ1) is 10.2. The first-order chi connectivity index (χ1) is 7.29. The fourth-order valence-electron chi connectivity index (χ4n) is 1.91. The summed E-state index contributed by atoms with van der Waals surface area (Å²) in [5.41, 5.74) is 6.62. The van der Waals surface area contributed by atoms with Gasteiger partial charge in [-0.1, -0.05) is 0 Å². The quantitative estimate of drug-likeness (QED) is 0.717. The molecule has 1 aliphatic rings. The molecule has 1 saturated heterocycles. The summed E-state index contributed by atoms with van der Waals surface area (Å²) in [6, 6.07) is 1.93. The highest BCUT2D eigenvalue weighted by Gasteiger charge is 2.27. The van der Waals surface area contributed by atoms with Crippen molar-refractivity contribution in [2.75, 3.05) is 19.6 Å². The number of nitrogens with one attached hydrogen (secondary N) is 1. The highest BCUT2D eigenvalue weighted by Crippen LogP contribution is 2.16. The molecule has 1 unspecified atom stereocenters. The molecule has 15 heavy (non-hydrogen) atoms. The molecular formula is C10H16N4O. The second-order valence-corrected chi connectivity index (χ2v) is 3.98. The van der Waals surface area contributed by atoms with Gasteiger partial charge in [0.2, 0.25) is 5.91 Å².